The molecule has 0 radical (unpaired) electrons. The van der Waals surface area contributed by atoms with Gasteiger partial charge in [0.05, 0.1) is 5.69 Å². The van der Waals surface area contributed by atoms with E-state index >= 15 is 0 Å². The molecule has 0 unspecified atom stereocenters. The van der Waals surface area contributed by atoms with Crippen LogP contribution in [0.1, 0.15) is 52.0 Å². The summed E-state index contributed by atoms with van der Waals surface area (Å²) >= 11 is 0. The first-order chi connectivity index (χ1) is 6.25. The highest BCUT2D eigenvalue weighted by molar-refractivity contribution is 5.12. The quantitative estimate of drug-likeness (QED) is 0.382. The van der Waals surface area contributed by atoms with E-state index in [9.17, 15) is 0 Å². The summed E-state index contributed by atoms with van der Waals surface area (Å²) in [5.74, 6) is 1.99. The molecule has 0 fully saturated rings. The molecule has 2 heteroatoms. The van der Waals surface area contributed by atoms with Crippen molar-refractivity contribution in [3.05, 3.63) is 23.4 Å². The lowest BCUT2D eigenvalue weighted by atomic mass is 9.90. The maximum atomic E-state index is 5.68. The van der Waals surface area contributed by atoms with Crippen molar-refractivity contribution in [3.63, 3.8) is 0 Å². The molecular formula is C12H21NO. The zero-order chi connectivity index (χ0) is 11.1. The van der Waals surface area contributed by atoms with Crippen LogP contribution in [0.5, 0.6) is 0 Å². The minimum absolute atomic E-state index is 0.124. The summed E-state index contributed by atoms with van der Waals surface area (Å²) in [6.07, 6.45) is 0. The Morgan fingerprint density at radius 1 is 1.29 bits per heavy atom. The van der Waals surface area contributed by atoms with E-state index in [2.05, 4.69) is 39.2 Å². The van der Waals surface area contributed by atoms with Gasteiger partial charge in [-0.15, -0.1) is 0 Å². The van der Waals surface area contributed by atoms with Crippen molar-refractivity contribution in [2.24, 2.45) is 0 Å². The number of rotatable bonds is 1. The molecular weight excluding hydrogens is 174 g/mol. The van der Waals surface area contributed by atoms with E-state index in [0.29, 0.717) is 0 Å². The molecule has 0 spiro atoms. The Kier molecular flexibility index (Phi) is 2.66. The summed E-state index contributed by atoms with van der Waals surface area (Å²) in [4.78, 5) is 0. The third-order valence-electron chi connectivity index (χ3n) is 2.33. The standard InChI is InChI=1S/C12H21NO/c1-8(2)13-10(4)14-9(3)11(13)12(5,6)7/h1-7H3. The SMILES string of the molecule is Cc1[o+][c-](C)[n+]([C-](C)C)c1C(C)(C)C. The van der Waals surface area contributed by atoms with Crippen LogP contribution in [-0.2, 0) is 5.41 Å². The van der Waals surface area contributed by atoms with Gasteiger partial charge in [-0.2, -0.15) is 0 Å². The van der Waals surface area contributed by atoms with Crippen molar-refractivity contribution < 1.29 is 8.98 Å². The second kappa shape index (κ2) is 3.34. The van der Waals surface area contributed by atoms with Gasteiger partial charge in [0, 0.05) is 13.0 Å². The molecule has 80 valence electrons. The maximum absolute atomic E-state index is 5.68. The first-order valence-electron chi connectivity index (χ1n) is 5.08. The molecule has 0 amide bonds. The minimum Gasteiger partial charge on any atom is -0.351 e. The van der Waals surface area contributed by atoms with Crippen LogP contribution in [0.25, 0.3) is 0 Å². The molecule has 14 heavy (non-hydrogen) atoms. The highest BCUT2D eigenvalue weighted by Gasteiger charge is 2.26. The number of aryl methyl sites for hydroxylation is 2. The fraction of sp³-hybridized carbons (Fsp3) is 0.667. The van der Waals surface area contributed by atoms with E-state index in [1.54, 1.807) is 0 Å². The molecule has 2 nitrogen and oxygen atoms in total. The van der Waals surface area contributed by atoms with Gasteiger partial charge in [-0.1, -0.05) is 34.6 Å². The molecule has 1 heterocycles. The summed E-state index contributed by atoms with van der Waals surface area (Å²) in [5, 5.41) is 0. The second-order valence-electron chi connectivity index (χ2n) is 5.06. The van der Waals surface area contributed by atoms with Crippen LogP contribution in [0.3, 0.4) is 0 Å². The molecule has 0 saturated carbocycles. The summed E-state index contributed by atoms with van der Waals surface area (Å²) in [5.41, 5.74) is 1.40. The van der Waals surface area contributed by atoms with Crippen molar-refractivity contribution >= 4 is 0 Å². The third-order valence-corrected chi connectivity index (χ3v) is 2.33. The van der Waals surface area contributed by atoms with Gasteiger partial charge in [-0.25, -0.2) is 0 Å². The Balaban J connectivity index is 3.40. The van der Waals surface area contributed by atoms with Crippen LogP contribution in [0.15, 0.2) is 4.42 Å². The van der Waals surface area contributed by atoms with Crippen molar-refractivity contribution in [3.8, 4) is 0 Å². The summed E-state index contributed by atoms with van der Waals surface area (Å²) in [7, 11) is 0. The lowest BCUT2D eigenvalue weighted by molar-refractivity contribution is -0.675. The average Bonchev–Trinajstić information content (AvgIpc) is 2.23. The van der Waals surface area contributed by atoms with Crippen molar-refractivity contribution in [2.75, 3.05) is 0 Å². The molecule has 0 saturated heterocycles. The lowest BCUT2D eigenvalue weighted by Gasteiger charge is -2.25. The predicted molar refractivity (Wildman–Crippen MR) is 57.1 cm³/mol. The van der Waals surface area contributed by atoms with Crippen LogP contribution in [-0.4, -0.2) is 0 Å². The normalized spacial score (nSPS) is 11.9. The Bertz CT molecular complexity index is 329. The Labute approximate surface area is 86.9 Å². The molecule has 0 bridgehead atoms. The number of hydrogen-bond acceptors (Lipinski definition) is 0. The third kappa shape index (κ3) is 1.79. The van der Waals surface area contributed by atoms with E-state index < -0.39 is 0 Å². The molecule has 0 N–H and O–H groups in total. The summed E-state index contributed by atoms with van der Waals surface area (Å²) < 4.78 is 7.88. The maximum Gasteiger partial charge on any atom is 0.388 e. The van der Waals surface area contributed by atoms with E-state index in [4.69, 9.17) is 4.42 Å². The molecule has 1 aromatic rings. The molecule has 0 atom stereocenters. The number of hydrogen-bond donors (Lipinski definition) is 0. The van der Waals surface area contributed by atoms with Gasteiger partial charge in [0.2, 0.25) is 0 Å². The van der Waals surface area contributed by atoms with E-state index in [-0.39, 0.29) is 5.41 Å². The monoisotopic (exact) mass is 195 g/mol. The summed E-state index contributed by atoms with van der Waals surface area (Å²) in [6, 6.07) is 1.25. The van der Waals surface area contributed by atoms with Crippen molar-refractivity contribution in [1.82, 2.24) is 0 Å². The van der Waals surface area contributed by atoms with Gasteiger partial charge >= 0.3 is 5.89 Å². The minimum atomic E-state index is 0.124. The molecule has 0 aliphatic carbocycles. The molecule has 0 aliphatic rings. The lowest BCUT2D eigenvalue weighted by Crippen LogP contribution is -2.45. The van der Waals surface area contributed by atoms with Crippen molar-refractivity contribution in [1.29, 1.82) is 0 Å². The fourth-order valence-corrected chi connectivity index (χ4v) is 2.03. The average molecular weight is 195 g/mol. The largest absolute Gasteiger partial charge is 0.388 e. The van der Waals surface area contributed by atoms with E-state index in [1.165, 1.54) is 11.7 Å². The Morgan fingerprint density at radius 3 is 2.07 bits per heavy atom. The highest BCUT2D eigenvalue weighted by Crippen LogP contribution is 2.24. The van der Waals surface area contributed by atoms with E-state index in [0.717, 1.165) is 11.7 Å². The van der Waals surface area contributed by atoms with Gasteiger partial charge in [0.25, 0.3) is 0 Å². The molecule has 1 aromatic heterocycles. The smallest absolute Gasteiger partial charge is 0.351 e. The van der Waals surface area contributed by atoms with Gasteiger partial charge in [-0.05, 0) is 12.3 Å². The Morgan fingerprint density at radius 2 is 1.79 bits per heavy atom. The zero-order valence-corrected chi connectivity index (χ0v) is 10.4. The molecule has 1 rings (SSSR count). The fourth-order valence-electron chi connectivity index (χ4n) is 2.03. The van der Waals surface area contributed by atoms with Crippen molar-refractivity contribution in [2.45, 2.75) is 53.9 Å². The highest BCUT2D eigenvalue weighted by atomic mass is 16.4. The van der Waals surface area contributed by atoms with Crippen LogP contribution < -0.4 is 4.57 Å². The topological polar surface area (TPSA) is 15.2 Å². The predicted octanol–water partition coefficient (Wildman–Crippen LogP) is 2.90. The number of oxazole rings is 1. The van der Waals surface area contributed by atoms with Crippen LogP contribution in [0.4, 0.5) is 0 Å². The second-order valence-corrected chi connectivity index (χ2v) is 5.06. The van der Waals surface area contributed by atoms with Crippen LogP contribution in [0.2, 0.25) is 0 Å². The zero-order valence-electron chi connectivity index (χ0n) is 10.4. The number of aromatic nitrogens is 1. The van der Waals surface area contributed by atoms with Crippen LogP contribution >= 0.6 is 0 Å². The van der Waals surface area contributed by atoms with Gasteiger partial charge in [0.1, 0.15) is 0 Å². The van der Waals surface area contributed by atoms with Crippen LogP contribution in [0, 0.1) is 19.9 Å². The van der Waals surface area contributed by atoms with Gasteiger partial charge < -0.3 is 8.98 Å². The van der Waals surface area contributed by atoms with E-state index in [1.807, 2.05) is 13.8 Å². The van der Waals surface area contributed by atoms with Gasteiger partial charge in [0.15, 0.2) is 5.76 Å². The molecule has 0 aliphatic heterocycles. The molecule has 0 aromatic carbocycles. The first-order valence-corrected chi connectivity index (χ1v) is 5.08. The Hall–Kier alpha value is -0.920. The number of nitrogens with zero attached hydrogens (tertiary/aromatic N) is 1. The van der Waals surface area contributed by atoms with Gasteiger partial charge in [-0.3, -0.25) is 0 Å². The first kappa shape index (κ1) is 11.2. The summed E-state index contributed by atoms with van der Waals surface area (Å²) in [6.45, 7) is 14.9.